The van der Waals surface area contributed by atoms with Crippen LogP contribution in [-0.4, -0.2) is 37.1 Å². The maximum atomic E-state index is 14.7. The van der Waals surface area contributed by atoms with Gasteiger partial charge < -0.3 is 14.5 Å². The highest BCUT2D eigenvalue weighted by Crippen LogP contribution is 2.28. The van der Waals surface area contributed by atoms with Crippen molar-refractivity contribution in [3.63, 3.8) is 0 Å². The van der Waals surface area contributed by atoms with Crippen LogP contribution in [0.15, 0.2) is 70.1 Å². The van der Waals surface area contributed by atoms with Gasteiger partial charge >= 0.3 is 11.6 Å². The molecule has 0 aliphatic rings. The normalized spacial score (nSPS) is 11.3. The van der Waals surface area contributed by atoms with Crippen LogP contribution in [0.3, 0.4) is 0 Å². The van der Waals surface area contributed by atoms with E-state index in [0.717, 1.165) is 0 Å². The Morgan fingerprint density at radius 3 is 2.61 bits per heavy atom. The zero-order valence-electron chi connectivity index (χ0n) is 19.3. The van der Waals surface area contributed by atoms with Gasteiger partial charge in [-0.3, -0.25) is 4.79 Å². The highest BCUT2D eigenvalue weighted by Gasteiger charge is 2.26. The lowest BCUT2D eigenvalue weighted by Crippen LogP contribution is -2.34. The van der Waals surface area contributed by atoms with Crippen LogP contribution in [0.4, 0.5) is 10.2 Å². The van der Waals surface area contributed by atoms with Gasteiger partial charge in [0.1, 0.15) is 11.3 Å². The second-order valence-electron chi connectivity index (χ2n) is 7.78. The number of nitrogens with one attached hydrogen (secondary N) is 1. The van der Waals surface area contributed by atoms with Crippen molar-refractivity contribution in [2.24, 2.45) is 0 Å². The van der Waals surface area contributed by atoms with E-state index in [0.29, 0.717) is 33.4 Å². The smallest absolute Gasteiger partial charge is 0.340 e. The molecule has 36 heavy (non-hydrogen) atoms. The van der Waals surface area contributed by atoms with Gasteiger partial charge in [0.15, 0.2) is 5.75 Å². The van der Waals surface area contributed by atoms with E-state index in [4.69, 9.17) is 9.15 Å². The van der Waals surface area contributed by atoms with Crippen LogP contribution < -0.4 is 20.2 Å². The monoisotopic (exact) mass is 512 g/mol. The van der Waals surface area contributed by atoms with Crippen LogP contribution in [0.1, 0.15) is 16.7 Å². The summed E-state index contributed by atoms with van der Waals surface area (Å²) in [7, 11) is -3.28. The van der Waals surface area contributed by atoms with Crippen LogP contribution >= 0.6 is 0 Å². The zero-order valence-corrected chi connectivity index (χ0v) is 20.1. The van der Waals surface area contributed by atoms with Crippen LogP contribution in [0.25, 0.3) is 11.0 Å². The first-order chi connectivity index (χ1) is 17.2. The minimum Gasteiger partial charge on any atom is -0.424 e. The Morgan fingerprint density at radius 2 is 1.89 bits per heavy atom. The van der Waals surface area contributed by atoms with Crippen molar-refractivity contribution in [1.29, 1.82) is 0 Å². The van der Waals surface area contributed by atoms with E-state index < -0.39 is 31.8 Å². The molecule has 0 atom stereocenters. The summed E-state index contributed by atoms with van der Waals surface area (Å²) in [5.41, 5.74) is 0.878. The second kappa shape index (κ2) is 10.1. The first-order valence-corrected chi connectivity index (χ1v) is 12.3. The van der Waals surface area contributed by atoms with Gasteiger partial charge in [-0.25, -0.2) is 23.2 Å². The fourth-order valence-corrected chi connectivity index (χ4v) is 4.54. The third-order valence-electron chi connectivity index (χ3n) is 5.34. The molecule has 0 fully saturated rings. The van der Waals surface area contributed by atoms with Crippen molar-refractivity contribution in [3.8, 4) is 11.8 Å². The number of rotatable bonds is 8. The molecule has 0 saturated carbocycles. The number of hydrogen-bond acceptors (Lipinski definition) is 8. The number of fused-ring (bicyclic) bond motifs is 1. The maximum Gasteiger partial charge on any atom is 0.340 e. The van der Waals surface area contributed by atoms with Gasteiger partial charge in [0.05, 0.1) is 5.69 Å². The van der Waals surface area contributed by atoms with Gasteiger partial charge in [-0.1, -0.05) is 16.6 Å². The molecule has 0 spiro atoms. The number of carbonyl (C=O) groups excluding carboxylic acids is 1. The number of aromatic nitrogens is 2. The van der Waals surface area contributed by atoms with Crippen LogP contribution in [-0.2, 0) is 21.2 Å². The molecule has 4 rings (SSSR count). The molecular formula is C24H21FN4O6S. The molecule has 0 aliphatic carbocycles. The molecule has 10 nitrogen and oxygen atoms in total. The zero-order chi connectivity index (χ0) is 25.9. The molecule has 2 heterocycles. The molecular weight excluding hydrogens is 491 g/mol. The molecule has 0 unspecified atom stereocenters. The number of hydrogen-bond donors (Lipinski definition) is 1. The van der Waals surface area contributed by atoms with E-state index in [9.17, 15) is 22.5 Å². The first kappa shape index (κ1) is 24.8. The van der Waals surface area contributed by atoms with E-state index in [1.165, 1.54) is 37.6 Å². The number of amides is 1. The van der Waals surface area contributed by atoms with E-state index in [1.807, 2.05) is 0 Å². The third-order valence-corrected chi connectivity index (χ3v) is 6.67. The molecule has 2 aromatic carbocycles. The van der Waals surface area contributed by atoms with Gasteiger partial charge in [0.2, 0.25) is 5.91 Å². The Balaban J connectivity index is 1.62. The first-order valence-electron chi connectivity index (χ1n) is 10.7. The van der Waals surface area contributed by atoms with E-state index in [-0.39, 0.29) is 18.1 Å². The maximum absolute atomic E-state index is 14.7. The lowest BCUT2D eigenvalue weighted by molar-refractivity contribution is -0.118. The predicted molar refractivity (Wildman–Crippen MR) is 130 cm³/mol. The summed E-state index contributed by atoms with van der Waals surface area (Å²) in [4.78, 5) is 32.2. The summed E-state index contributed by atoms with van der Waals surface area (Å²) >= 11 is 0. The Bertz CT molecular complexity index is 1590. The van der Waals surface area contributed by atoms with Crippen LogP contribution in [0.2, 0.25) is 0 Å². The predicted octanol–water partition coefficient (Wildman–Crippen LogP) is 3.04. The second-order valence-corrected chi connectivity index (χ2v) is 9.55. The van der Waals surface area contributed by atoms with E-state index >= 15 is 0 Å². The van der Waals surface area contributed by atoms with Gasteiger partial charge in [-0.2, -0.15) is 0 Å². The van der Waals surface area contributed by atoms with Crippen molar-refractivity contribution >= 4 is 32.6 Å². The van der Waals surface area contributed by atoms with Crippen LogP contribution in [0, 0.1) is 6.92 Å². The van der Waals surface area contributed by atoms with Gasteiger partial charge in [-0.05, 0) is 48.4 Å². The minimum absolute atomic E-state index is 0.0669. The fourth-order valence-electron chi connectivity index (χ4n) is 3.52. The molecule has 12 heteroatoms. The number of carbonyl (C=O) groups is 1. The molecule has 0 bridgehead atoms. The molecule has 0 aliphatic heterocycles. The molecule has 4 aromatic rings. The van der Waals surface area contributed by atoms with Crippen molar-refractivity contribution in [2.45, 2.75) is 13.3 Å². The largest absolute Gasteiger partial charge is 0.424 e. The lowest BCUT2D eigenvalue weighted by atomic mass is 9.99. The number of halogens is 1. The third kappa shape index (κ3) is 5.33. The molecule has 186 valence electrons. The lowest BCUT2D eigenvalue weighted by Gasteiger charge is -2.15. The average Bonchev–Trinajstić information content (AvgIpc) is 2.86. The number of nitrogens with zero attached hydrogens (tertiary/aromatic N) is 3. The summed E-state index contributed by atoms with van der Waals surface area (Å²) in [6.07, 6.45) is 3.14. The quantitative estimate of drug-likeness (QED) is 0.282. The van der Waals surface area contributed by atoms with Crippen molar-refractivity contribution in [2.75, 3.05) is 17.3 Å². The molecule has 0 radical (unpaired) electrons. The number of ether oxygens (including phenoxy) is 1. The number of anilines is 1. The number of sulfonamides is 1. The van der Waals surface area contributed by atoms with E-state index in [1.54, 1.807) is 37.3 Å². The number of benzene rings is 2. The Labute approximate surface area is 205 Å². The average molecular weight is 513 g/mol. The highest BCUT2D eigenvalue weighted by atomic mass is 32.2. The summed E-state index contributed by atoms with van der Waals surface area (Å²) in [5.74, 6) is -1.50. The SMILES string of the molecule is CNC(=O)CS(=O)(=O)N(F)c1cccc(Cc2c(C)c3ccc(Oc4ncccn4)cc3oc2=O)c1. The Kier molecular flexibility index (Phi) is 6.97. The topological polar surface area (TPSA) is 132 Å². The molecule has 0 saturated heterocycles. The fraction of sp³-hybridized carbons (Fsp3) is 0.167. The molecule has 1 N–H and O–H groups in total. The standard InChI is InChI=1S/C24H21FN4O6S/c1-15-19-8-7-18(34-24-27-9-4-10-28-24)13-21(19)35-23(31)20(15)12-16-5-3-6-17(11-16)29(25)36(32,33)14-22(30)26-2/h3-11,13H,12,14H2,1-2H3,(H,26,30). The summed E-state index contributed by atoms with van der Waals surface area (Å²) in [6.45, 7) is 1.76. The summed E-state index contributed by atoms with van der Waals surface area (Å²) in [6, 6.07) is 12.4. The van der Waals surface area contributed by atoms with Crippen molar-refractivity contribution in [1.82, 2.24) is 15.3 Å². The van der Waals surface area contributed by atoms with E-state index in [2.05, 4.69) is 15.3 Å². The summed E-state index contributed by atoms with van der Waals surface area (Å²) in [5, 5.41) is 2.81. The Morgan fingerprint density at radius 1 is 1.14 bits per heavy atom. The summed E-state index contributed by atoms with van der Waals surface area (Å²) < 4.78 is 49.7. The molecule has 2 aromatic heterocycles. The van der Waals surface area contributed by atoms with Gasteiger partial charge in [0, 0.05) is 42.9 Å². The van der Waals surface area contributed by atoms with Crippen molar-refractivity contribution < 1.29 is 26.8 Å². The van der Waals surface area contributed by atoms with Crippen molar-refractivity contribution in [3.05, 3.63) is 88.0 Å². The van der Waals surface area contributed by atoms with Gasteiger partial charge in [-0.15, -0.1) is 4.53 Å². The minimum atomic E-state index is -4.53. The number of aryl methyl sites for hydroxylation is 1. The Hall–Kier alpha value is -4.32. The van der Waals surface area contributed by atoms with Gasteiger partial charge in [0.25, 0.3) is 10.0 Å². The van der Waals surface area contributed by atoms with Crippen LogP contribution in [0.5, 0.6) is 11.8 Å². The molecule has 1 amide bonds. The highest BCUT2D eigenvalue weighted by molar-refractivity contribution is 7.93.